The minimum absolute atomic E-state index is 0.184. The summed E-state index contributed by atoms with van der Waals surface area (Å²) in [4.78, 5) is 12.0. The molecule has 23 heavy (non-hydrogen) atoms. The quantitative estimate of drug-likeness (QED) is 0.820. The Bertz CT molecular complexity index is 813. The van der Waals surface area contributed by atoms with Crippen LogP contribution in [0.4, 0.5) is 5.69 Å². The van der Waals surface area contributed by atoms with Crippen LogP contribution in [0.5, 0.6) is 5.75 Å². The number of ether oxygens (including phenoxy) is 1. The molecule has 0 aromatic heterocycles. The number of carbonyl (C=O) groups is 1. The Kier molecular flexibility index (Phi) is 5.02. The van der Waals surface area contributed by atoms with Gasteiger partial charge < -0.3 is 10.1 Å². The molecule has 0 spiro atoms. The molecule has 7 heteroatoms. The summed E-state index contributed by atoms with van der Waals surface area (Å²) in [5.74, 6) is 0.351. The van der Waals surface area contributed by atoms with E-state index in [2.05, 4.69) is 5.32 Å². The Labute approximate surface area is 134 Å². The zero-order valence-corrected chi connectivity index (χ0v) is 13.6. The number of amides is 1. The van der Waals surface area contributed by atoms with Crippen molar-refractivity contribution in [3.63, 3.8) is 0 Å². The molecule has 0 aliphatic rings. The fourth-order valence-electron chi connectivity index (χ4n) is 2.09. The third kappa shape index (κ3) is 4.30. The number of aryl methyl sites for hydroxylation is 1. The van der Waals surface area contributed by atoms with Gasteiger partial charge in [0.15, 0.2) is 0 Å². The second-order valence-corrected chi connectivity index (χ2v) is 6.26. The number of rotatable bonds is 5. The van der Waals surface area contributed by atoms with E-state index in [1.54, 1.807) is 24.3 Å². The van der Waals surface area contributed by atoms with Crippen LogP contribution in [0.15, 0.2) is 47.4 Å². The van der Waals surface area contributed by atoms with E-state index in [1.165, 1.54) is 25.1 Å². The second kappa shape index (κ2) is 6.80. The molecule has 2 rings (SSSR count). The molecule has 0 unspecified atom stereocenters. The first-order valence-electron chi connectivity index (χ1n) is 6.93. The topological polar surface area (TPSA) is 92.7 Å². The summed E-state index contributed by atoms with van der Waals surface area (Å²) >= 11 is 0. The molecule has 0 heterocycles. The summed E-state index contributed by atoms with van der Waals surface area (Å²) in [6.45, 7) is 3.96. The van der Waals surface area contributed by atoms with Gasteiger partial charge in [0.2, 0.25) is 0 Å². The van der Waals surface area contributed by atoms with Gasteiger partial charge in [-0.15, -0.1) is 0 Å². The summed E-state index contributed by atoms with van der Waals surface area (Å²) in [6, 6.07) is 10.8. The summed E-state index contributed by atoms with van der Waals surface area (Å²) < 4.78 is 36.7. The van der Waals surface area contributed by atoms with Gasteiger partial charge in [0.1, 0.15) is 5.75 Å². The molecule has 0 radical (unpaired) electrons. The van der Waals surface area contributed by atoms with Crippen molar-refractivity contribution >= 4 is 21.7 Å². The van der Waals surface area contributed by atoms with Crippen LogP contribution in [0, 0.1) is 6.92 Å². The van der Waals surface area contributed by atoms with Crippen molar-refractivity contribution < 1.29 is 22.5 Å². The average molecular weight is 335 g/mol. The Morgan fingerprint density at radius 2 is 1.83 bits per heavy atom. The average Bonchev–Trinajstić information content (AvgIpc) is 2.47. The number of carbonyl (C=O) groups excluding carboxylic acids is 1. The molecule has 0 saturated heterocycles. The SMILES string of the molecule is CCOc1ccc(C(=O)Nc2ccc(S(=O)(=O)O)c(C)c2)cc1. The molecule has 2 aromatic rings. The third-order valence-electron chi connectivity index (χ3n) is 3.14. The van der Waals surface area contributed by atoms with Crippen LogP contribution >= 0.6 is 0 Å². The van der Waals surface area contributed by atoms with Crippen molar-refractivity contribution in [1.82, 2.24) is 0 Å². The lowest BCUT2D eigenvalue weighted by molar-refractivity contribution is 0.102. The van der Waals surface area contributed by atoms with Crippen LogP contribution in [0.1, 0.15) is 22.8 Å². The summed E-state index contributed by atoms with van der Waals surface area (Å²) in [6.07, 6.45) is 0. The third-order valence-corrected chi connectivity index (χ3v) is 4.15. The number of benzene rings is 2. The van der Waals surface area contributed by atoms with Crippen LogP contribution in [0.3, 0.4) is 0 Å². The van der Waals surface area contributed by atoms with Gasteiger partial charge in [0.05, 0.1) is 11.5 Å². The zero-order valence-electron chi connectivity index (χ0n) is 12.7. The molecule has 2 N–H and O–H groups in total. The van der Waals surface area contributed by atoms with E-state index in [9.17, 15) is 13.2 Å². The molecular formula is C16H17NO5S. The molecule has 0 fully saturated rings. The summed E-state index contributed by atoms with van der Waals surface area (Å²) in [7, 11) is -4.27. The van der Waals surface area contributed by atoms with E-state index >= 15 is 0 Å². The monoisotopic (exact) mass is 335 g/mol. The van der Waals surface area contributed by atoms with Gasteiger partial charge in [-0.1, -0.05) is 0 Å². The van der Waals surface area contributed by atoms with Gasteiger partial charge in [0, 0.05) is 11.3 Å². The number of hydrogen-bond acceptors (Lipinski definition) is 4. The number of hydrogen-bond donors (Lipinski definition) is 2. The molecule has 6 nitrogen and oxygen atoms in total. The highest BCUT2D eigenvalue weighted by molar-refractivity contribution is 7.85. The molecule has 2 aromatic carbocycles. The molecular weight excluding hydrogens is 318 g/mol. The minimum atomic E-state index is -4.27. The van der Waals surface area contributed by atoms with Gasteiger partial charge in [-0.3, -0.25) is 9.35 Å². The summed E-state index contributed by atoms with van der Waals surface area (Å²) in [5, 5.41) is 2.67. The molecule has 0 aliphatic carbocycles. The van der Waals surface area contributed by atoms with Crippen molar-refractivity contribution in [1.29, 1.82) is 0 Å². The first-order chi connectivity index (χ1) is 10.8. The maximum Gasteiger partial charge on any atom is 0.294 e. The maximum absolute atomic E-state index is 12.2. The van der Waals surface area contributed by atoms with Crippen LogP contribution in [0.25, 0.3) is 0 Å². The predicted octanol–water partition coefficient (Wildman–Crippen LogP) is 2.89. The highest BCUT2D eigenvalue weighted by atomic mass is 32.2. The van der Waals surface area contributed by atoms with Crippen LogP contribution in [-0.2, 0) is 10.1 Å². The Morgan fingerprint density at radius 1 is 1.17 bits per heavy atom. The highest BCUT2D eigenvalue weighted by Gasteiger charge is 2.14. The van der Waals surface area contributed by atoms with E-state index in [4.69, 9.17) is 9.29 Å². The van der Waals surface area contributed by atoms with Gasteiger partial charge >= 0.3 is 0 Å². The molecule has 0 bridgehead atoms. The van der Waals surface area contributed by atoms with E-state index in [0.717, 1.165) is 0 Å². The largest absolute Gasteiger partial charge is 0.494 e. The standard InChI is InChI=1S/C16H17NO5S/c1-3-22-14-7-4-12(5-8-14)16(18)17-13-6-9-15(11(2)10-13)23(19,20)21/h4-10H,3H2,1-2H3,(H,17,18)(H,19,20,21). The Balaban J connectivity index is 2.15. The van der Waals surface area contributed by atoms with Crippen molar-refractivity contribution in [3.05, 3.63) is 53.6 Å². The lowest BCUT2D eigenvalue weighted by atomic mass is 10.2. The van der Waals surface area contributed by atoms with Crippen LogP contribution in [0.2, 0.25) is 0 Å². The van der Waals surface area contributed by atoms with E-state index in [0.29, 0.717) is 29.2 Å². The highest BCUT2D eigenvalue weighted by Crippen LogP contribution is 2.20. The fraction of sp³-hybridized carbons (Fsp3) is 0.188. The van der Waals surface area contributed by atoms with Crippen molar-refractivity contribution in [3.8, 4) is 5.75 Å². The van der Waals surface area contributed by atoms with Crippen LogP contribution < -0.4 is 10.1 Å². The predicted molar refractivity (Wildman–Crippen MR) is 86.6 cm³/mol. The number of nitrogens with one attached hydrogen (secondary N) is 1. The van der Waals surface area contributed by atoms with Gasteiger partial charge in [-0.25, -0.2) is 0 Å². The fourth-order valence-corrected chi connectivity index (χ4v) is 2.79. The van der Waals surface area contributed by atoms with E-state index in [1.807, 2.05) is 6.92 Å². The van der Waals surface area contributed by atoms with Gasteiger partial charge in [-0.2, -0.15) is 8.42 Å². The van der Waals surface area contributed by atoms with Gasteiger partial charge in [-0.05, 0) is 61.9 Å². The lowest BCUT2D eigenvalue weighted by Crippen LogP contribution is -2.12. The van der Waals surface area contributed by atoms with Crippen molar-refractivity contribution in [2.45, 2.75) is 18.7 Å². The van der Waals surface area contributed by atoms with Gasteiger partial charge in [0.25, 0.3) is 16.0 Å². The second-order valence-electron chi connectivity index (χ2n) is 4.87. The molecule has 1 amide bonds. The zero-order chi connectivity index (χ0) is 17.0. The molecule has 0 atom stereocenters. The lowest BCUT2D eigenvalue weighted by Gasteiger charge is -2.09. The van der Waals surface area contributed by atoms with Crippen molar-refractivity contribution in [2.75, 3.05) is 11.9 Å². The van der Waals surface area contributed by atoms with E-state index < -0.39 is 10.1 Å². The van der Waals surface area contributed by atoms with E-state index in [-0.39, 0.29) is 10.8 Å². The molecule has 0 saturated carbocycles. The number of anilines is 1. The minimum Gasteiger partial charge on any atom is -0.494 e. The maximum atomic E-state index is 12.2. The molecule has 122 valence electrons. The first-order valence-corrected chi connectivity index (χ1v) is 8.37. The Hall–Kier alpha value is -2.38. The smallest absolute Gasteiger partial charge is 0.294 e. The normalized spacial score (nSPS) is 11.1. The molecule has 0 aliphatic heterocycles. The summed E-state index contributed by atoms with van der Waals surface area (Å²) in [5.41, 5.74) is 1.23. The Morgan fingerprint density at radius 3 is 2.35 bits per heavy atom. The van der Waals surface area contributed by atoms with Crippen LogP contribution in [-0.4, -0.2) is 25.5 Å². The van der Waals surface area contributed by atoms with Crippen molar-refractivity contribution in [2.24, 2.45) is 0 Å². The first kappa shape index (κ1) is 17.0.